The molecule has 0 N–H and O–H groups in total. The lowest BCUT2D eigenvalue weighted by Gasteiger charge is -2.17. The fourth-order valence-corrected chi connectivity index (χ4v) is 4.86. The molecule has 3 unspecified atom stereocenters. The first-order chi connectivity index (χ1) is 11.0. The number of hydrogen-bond acceptors (Lipinski definition) is 3. The Morgan fingerprint density at radius 1 is 1.00 bits per heavy atom. The highest BCUT2D eigenvalue weighted by molar-refractivity contribution is 6.17. The number of ether oxygens (including phenoxy) is 1. The molecule has 2 saturated heterocycles. The molecular formula is C20H20O3. The molecule has 2 aliphatic heterocycles. The Hall–Kier alpha value is -1.92. The van der Waals surface area contributed by atoms with E-state index in [1.165, 1.54) is 0 Å². The van der Waals surface area contributed by atoms with Crippen molar-refractivity contribution in [3.8, 4) is 11.8 Å². The molecule has 0 radical (unpaired) electrons. The van der Waals surface area contributed by atoms with E-state index < -0.39 is 5.92 Å². The van der Waals surface area contributed by atoms with Crippen molar-refractivity contribution in [2.45, 2.75) is 51.7 Å². The number of ketones is 2. The second-order valence-corrected chi connectivity index (χ2v) is 6.98. The maximum absolute atomic E-state index is 13.0. The summed E-state index contributed by atoms with van der Waals surface area (Å²) in [7, 11) is 0. The van der Waals surface area contributed by atoms with Gasteiger partial charge in [0.25, 0.3) is 0 Å². The average Bonchev–Trinajstić information content (AvgIpc) is 3.16. The maximum Gasteiger partial charge on any atom is 0.154 e. The third-order valence-corrected chi connectivity index (χ3v) is 5.65. The van der Waals surface area contributed by atoms with E-state index in [4.69, 9.17) is 4.74 Å². The standard InChI is InChI=1S/C20H20O3/c1-4-5-12-8-10(2)15(11(3)9-12)18-19(21)16-13-6-7-14(23-13)17(16)20(18)22/h8-9,13-14,16-18H,6-7H2,1-3H3/t13?,14?,16-,17+,18?. The van der Waals surface area contributed by atoms with Crippen molar-refractivity contribution < 1.29 is 14.3 Å². The highest BCUT2D eigenvalue weighted by Gasteiger charge is 2.63. The van der Waals surface area contributed by atoms with Crippen LogP contribution in [-0.2, 0) is 14.3 Å². The van der Waals surface area contributed by atoms with Gasteiger partial charge in [0.1, 0.15) is 5.92 Å². The minimum Gasteiger partial charge on any atom is -0.373 e. The second kappa shape index (κ2) is 5.04. The largest absolute Gasteiger partial charge is 0.373 e. The summed E-state index contributed by atoms with van der Waals surface area (Å²) >= 11 is 0. The van der Waals surface area contributed by atoms with Crippen molar-refractivity contribution in [3.05, 3.63) is 34.4 Å². The predicted octanol–water partition coefficient (Wildman–Crippen LogP) is 2.70. The van der Waals surface area contributed by atoms with Gasteiger partial charge in [-0.1, -0.05) is 5.92 Å². The van der Waals surface area contributed by atoms with E-state index in [1.54, 1.807) is 6.92 Å². The molecule has 1 aliphatic carbocycles. The van der Waals surface area contributed by atoms with Crippen molar-refractivity contribution >= 4 is 11.6 Å². The van der Waals surface area contributed by atoms with E-state index in [0.717, 1.165) is 35.1 Å². The first-order valence-corrected chi connectivity index (χ1v) is 8.29. The molecule has 3 fully saturated rings. The predicted molar refractivity (Wildman–Crippen MR) is 86.1 cm³/mol. The minimum absolute atomic E-state index is 0.0303. The van der Waals surface area contributed by atoms with Gasteiger partial charge in [0.05, 0.1) is 24.0 Å². The van der Waals surface area contributed by atoms with Crippen LogP contribution in [0.2, 0.25) is 0 Å². The van der Waals surface area contributed by atoms with Gasteiger partial charge < -0.3 is 4.74 Å². The van der Waals surface area contributed by atoms with Gasteiger partial charge in [-0.15, -0.1) is 5.92 Å². The monoisotopic (exact) mass is 308 g/mol. The first-order valence-electron chi connectivity index (χ1n) is 8.29. The molecule has 3 heteroatoms. The van der Waals surface area contributed by atoms with Crippen LogP contribution in [0.1, 0.15) is 47.9 Å². The molecule has 0 amide bonds. The highest BCUT2D eigenvalue weighted by Crippen LogP contribution is 2.52. The van der Waals surface area contributed by atoms with Crippen LogP contribution in [0, 0.1) is 37.5 Å². The van der Waals surface area contributed by atoms with E-state index in [9.17, 15) is 9.59 Å². The average molecular weight is 308 g/mol. The fraction of sp³-hybridized carbons (Fsp3) is 0.500. The number of rotatable bonds is 1. The summed E-state index contributed by atoms with van der Waals surface area (Å²) in [6.07, 6.45) is 1.77. The fourth-order valence-electron chi connectivity index (χ4n) is 4.86. The van der Waals surface area contributed by atoms with Crippen molar-refractivity contribution in [2.75, 3.05) is 0 Å². The number of carbonyl (C=O) groups excluding carboxylic acids is 2. The van der Waals surface area contributed by atoms with Crippen LogP contribution in [0.25, 0.3) is 0 Å². The molecule has 3 nitrogen and oxygen atoms in total. The molecule has 2 bridgehead atoms. The Labute approximate surface area is 136 Å². The van der Waals surface area contributed by atoms with E-state index in [1.807, 2.05) is 26.0 Å². The molecule has 1 aromatic rings. The molecule has 1 saturated carbocycles. The smallest absolute Gasteiger partial charge is 0.154 e. The van der Waals surface area contributed by atoms with Crippen molar-refractivity contribution in [1.82, 2.24) is 0 Å². The molecule has 1 aromatic carbocycles. The van der Waals surface area contributed by atoms with Crippen LogP contribution in [0.4, 0.5) is 0 Å². The molecule has 4 rings (SSSR count). The van der Waals surface area contributed by atoms with Crippen LogP contribution >= 0.6 is 0 Å². The van der Waals surface area contributed by atoms with Crippen LogP contribution in [0.15, 0.2) is 12.1 Å². The molecule has 3 aliphatic rings. The Morgan fingerprint density at radius 2 is 1.52 bits per heavy atom. The summed E-state index contributed by atoms with van der Waals surface area (Å²) in [5.41, 5.74) is 3.81. The van der Waals surface area contributed by atoms with E-state index in [-0.39, 0.29) is 35.6 Å². The SMILES string of the molecule is CC#Cc1cc(C)c(C2C(=O)[C@@H]3C4CCC(O4)[C@@H]3C2=O)c(C)c1. The van der Waals surface area contributed by atoms with Gasteiger partial charge in [0, 0.05) is 5.56 Å². The summed E-state index contributed by atoms with van der Waals surface area (Å²) in [5.74, 6) is 5.09. The molecule has 5 atom stereocenters. The molecule has 0 spiro atoms. The molecular weight excluding hydrogens is 288 g/mol. The first kappa shape index (κ1) is 14.7. The normalized spacial score (nSPS) is 34.5. The van der Waals surface area contributed by atoms with Gasteiger partial charge in [-0.05, 0) is 62.4 Å². The summed E-state index contributed by atoms with van der Waals surface area (Å²) in [6.45, 7) is 5.76. The third kappa shape index (κ3) is 1.95. The lowest BCUT2D eigenvalue weighted by molar-refractivity contribution is -0.127. The zero-order valence-electron chi connectivity index (χ0n) is 13.7. The summed E-state index contributed by atoms with van der Waals surface area (Å²) in [6, 6.07) is 3.97. The van der Waals surface area contributed by atoms with Crippen LogP contribution in [0.5, 0.6) is 0 Å². The van der Waals surface area contributed by atoms with Crippen LogP contribution in [-0.4, -0.2) is 23.8 Å². The number of Topliss-reactive ketones (excluding diaryl/α,β-unsaturated/α-hetero) is 2. The lowest BCUT2D eigenvalue weighted by Crippen LogP contribution is -2.29. The second-order valence-electron chi connectivity index (χ2n) is 6.98. The summed E-state index contributed by atoms with van der Waals surface area (Å²) in [4.78, 5) is 25.9. The number of fused-ring (bicyclic) bond motifs is 5. The zero-order chi connectivity index (χ0) is 16.3. The van der Waals surface area contributed by atoms with Gasteiger partial charge >= 0.3 is 0 Å². The maximum atomic E-state index is 13.0. The summed E-state index contributed by atoms with van der Waals surface area (Å²) in [5, 5.41) is 0. The van der Waals surface area contributed by atoms with Gasteiger partial charge in [-0.3, -0.25) is 9.59 Å². The number of aryl methyl sites for hydroxylation is 2. The van der Waals surface area contributed by atoms with Crippen molar-refractivity contribution in [1.29, 1.82) is 0 Å². The van der Waals surface area contributed by atoms with Crippen molar-refractivity contribution in [3.63, 3.8) is 0 Å². The van der Waals surface area contributed by atoms with Crippen molar-refractivity contribution in [2.24, 2.45) is 11.8 Å². The van der Waals surface area contributed by atoms with Gasteiger partial charge in [0.2, 0.25) is 0 Å². The van der Waals surface area contributed by atoms with E-state index >= 15 is 0 Å². The number of benzene rings is 1. The number of hydrogen-bond donors (Lipinski definition) is 0. The zero-order valence-corrected chi connectivity index (χ0v) is 13.7. The topological polar surface area (TPSA) is 43.4 Å². The summed E-state index contributed by atoms with van der Waals surface area (Å²) < 4.78 is 5.82. The minimum atomic E-state index is -0.597. The van der Waals surface area contributed by atoms with Gasteiger partial charge in [-0.25, -0.2) is 0 Å². The lowest BCUT2D eigenvalue weighted by atomic mass is 9.81. The quantitative estimate of drug-likeness (QED) is 0.592. The van der Waals surface area contributed by atoms with Crippen LogP contribution < -0.4 is 0 Å². The Bertz CT molecular complexity index is 729. The molecule has 118 valence electrons. The van der Waals surface area contributed by atoms with E-state index in [2.05, 4.69) is 11.8 Å². The Kier molecular flexibility index (Phi) is 3.21. The number of carbonyl (C=O) groups is 2. The molecule has 2 heterocycles. The highest BCUT2D eigenvalue weighted by atomic mass is 16.5. The van der Waals surface area contributed by atoms with E-state index in [0.29, 0.717) is 0 Å². The Morgan fingerprint density at radius 3 is 2.00 bits per heavy atom. The van der Waals surface area contributed by atoms with Gasteiger partial charge in [0.15, 0.2) is 11.6 Å². The Balaban J connectivity index is 1.78. The molecule has 23 heavy (non-hydrogen) atoms. The van der Waals surface area contributed by atoms with Gasteiger partial charge in [-0.2, -0.15) is 0 Å². The molecule has 0 aromatic heterocycles. The third-order valence-electron chi connectivity index (χ3n) is 5.65. The van der Waals surface area contributed by atoms with Crippen LogP contribution in [0.3, 0.4) is 0 Å².